The normalized spacial score (nSPS) is 17.2. The molecule has 1 amide bonds. The highest BCUT2D eigenvalue weighted by Crippen LogP contribution is 2.36. The topological polar surface area (TPSA) is 111 Å². The summed E-state index contributed by atoms with van der Waals surface area (Å²) < 4.78 is 18.9. The van der Waals surface area contributed by atoms with Gasteiger partial charge in [0.15, 0.2) is 0 Å². The highest BCUT2D eigenvalue weighted by Gasteiger charge is 2.49. The number of fused-ring (bicyclic) bond motifs is 1. The van der Waals surface area contributed by atoms with Crippen LogP contribution in [-0.4, -0.2) is 41.1 Å². The smallest absolute Gasteiger partial charge is 0.258 e. The number of likely N-dealkylation sites (tertiary alicyclic amines) is 1. The van der Waals surface area contributed by atoms with E-state index in [-0.39, 0.29) is 22.7 Å². The highest BCUT2D eigenvalue weighted by atomic mass is 19.1. The number of pyridine rings is 1. The van der Waals surface area contributed by atoms with Gasteiger partial charge in [-0.05, 0) is 61.4 Å². The monoisotopic (exact) mass is 447 g/mol. The average molecular weight is 447 g/mol. The second-order valence-corrected chi connectivity index (χ2v) is 8.38. The molecule has 168 valence electrons. The van der Waals surface area contributed by atoms with Crippen LogP contribution < -0.4 is 10.9 Å². The number of aromatic amines is 1. The van der Waals surface area contributed by atoms with Crippen molar-refractivity contribution in [3.63, 3.8) is 0 Å². The molecule has 0 radical (unpaired) electrons. The fourth-order valence-corrected chi connectivity index (χ4v) is 4.45. The van der Waals surface area contributed by atoms with Crippen LogP contribution in [-0.2, 0) is 4.74 Å². The van der Waals surface area contributed by atoms with E-state index in [1.54, 1.807) is 24.3 Å². The van der Waals surface area contributed by atoms with Crippen molar-refractivity contribution in [2.24, 2.45) is 5.11 Å². The fourth-order valence-electron chi connectivity index (χ4n) is 4.45. The van der Waals surface area contributed by atoms with Gasteiger partial charge in [-0.15, -0.1) is 0 Å². The molecule has 0 atom stereocenters. The Labute approximate surface area is 188 Å². The van der Waals surface area contributed by atoms with Crippen LogP contribution in [0.1, 0.15) is 28.8 Å². The zero-order valence-electron chi connectivity index (χ0n) is 17.7. The molecule has 2 fully saturated rings. The van der Waals surface area contributed by atoms with E-state index in [1.807, 2.05) is 4.90 Å². The first-order chi connectivity index (χ1) is 16.0. The first-order valence-corrected chi connectivity index (χ1v) is 10.7. The molecule has 33 heavy (non-hydrogen) atoms. The lowest BCUT2D eigenvalue weighted by molar-refractivity contribution is -0.109. The molecule has 2 saturated heterocycles. The molecule has 3 aromatic rings. The molecule has 9 heteroatoms. The number of ether oxygens (including phenoxy) is 1. The number of hydrogen-bond acceptors (Lipinski definition) is 6. The summed E-state index contributed by atoms with van der Waals surface area (Å²) in [6.07, 6.45) is 3.39. The zero-order valence-corrected chi connectivity index (χ0v) is 17.7. The number of amides is 1. The van der Waals surface area contributed by atoms with Gasteiger partial charge in [-0.25, -0.2) is 9.92 Å². The van der Waals surface area contributed by atoms with Crippen molar-refractivity contribution < 1.29 is 13.9 Å². The number of carbonyl (C=O) groups excluding carboxylic acids is 1. The van der Waals surface area contributed by atoms with Crippen molar-refractivity contribution in [1.82, 2.24) is 9.88 Å². The summed E-state index contributed by atoms with van der Waals surface area (Å²) in [5, 5.41) is 6.96. The predicted octanol–water partition coefficient (Wildman–Crippen LogP) is 4.11. The summed E-state index contributed by atoms with van der Waals surface area (Å²) in [5.74, 6) is -0.430. The lowest BCUT2D eigenvalue weighted by Crippen LogP contribution is -2.60. The van der Waals surface area contributed by atoms with Crippen LogP contribution in [0.3, 0.4) is 0 Å². The molecule has 8 nitrogen and oxygen atoms in total. The molecular weight excluding hydrogens is 425 g/mol. The van der Waals surface area contributed by atoms with Gasteiger partial charge in [0.25, 0.3) is 11.5 Å². The molecule has 0 unspecified atom stereocenters. The quantitative estimate of drug-likeness (QED) is 0.511. The summed E-state index contributed by atoms with van der Waals surface area (Å²) in [5.41, 5.74) is 8.90. The van der Waals surface area contributed by atoms with Gasteiger partial charge in [-0.3, -0.25) is 9.59 Å². The number of benzene rings is 2. The van der Waals surface area contributed by atoms with Gasteiger partial charge in [-0.1, -0.05) is 0 Å². The first-order valence-electron chi connectivity index (χ1n) is 10.7. The van der Waals surface area contributed by atoms with Crippen molar-refractivity contribution in [3.8, 4) is 0 Å². The van der Waals surface area contributed by atoms with E-state index in [9.17, 15) is 14.0 Å². The van der Waals surface area contributed by atoms with E-state index in [1.165, 1.54) is 30.5 Å². The number of rotatable bonds is 5. The first kappa shape index (κ1) is 21.0. The maximum Gasteiger partial charge on any atom is 0.258 e. The Kier molecular flexibility index (Phi) is 5.26. The lowest BCUT2D eigenvalue weighted by atomic mass is 9.93. The molecule has 2 aromatic carbocycles. The largest absolute Gasteiger partial charge is 0.376 e. The molecule has 0 saturated carbocycles. The molecule has 1 spiro atoms. The van der Waals surface area contributed by atoms with E-state index >= 15 is 0 Å². The Hall–Kier alpha value is -3.85. The summed E-state index contributed by atoms with van der Waals surface area (Å²) >= 11 is 0. The molecule has 3 N–H and O–H groups in total. The van der Waals surface area contributed by atoms with Gasteiger partial charge >= 0.3 is 0 Å². The van der Waals surface area contributed by atoms with Crippen LogP contribution in [0.25, 0.3) is 16.6 Å². The Morgan fingerprint density at radius 2 is 2.00 bits per heavy atom. The molecule has 5 rings (SSSR count). The van der Waals surface area contributed by atoms with Gasteiger partial charge in [-0.2, -0.15) is 5.11 Å². The lowest BCUT2D eigenvalue weighted by Gasteiger charge is -2.45. The SMILES string of the molecule is N=N/C(=C\Nc1ccc(C(=O)N2CCCC23COC3)cc1)c1cc2cc(F)ccc2[nH]c1=O. The van der Waals surface area contributed by atoms with E-state index in [4.69, 9.17) is 10.3 Å². The number of carbonyl (C=O) groups is 1. The average Bonchev–Trinajstić information content (AvgIpc) is 3.26. The molecule has 0 bridgehead atoms. The van der Waals surface area contributed by atoms with Gasteiger partial charge < -0.3 is 19.9 Å². The third-order valence-corrected chi connectivity index (χ3v) is 6.29. The van der Waals surface area contributed by atoms with Crippen LogP contribution in [0, 0.1) is 11.3 Å². The predicted molar refractivity (Wildman–Crippen MR) is 122 cm³/mol. The van der Waals surface area contributed by atoms with Crippen LogP contribution >= 0.6 is 0 Å². The number of halogens is 1. The molecular formula is C24H22FN5O3. The highest BCUT2D eigenvalue weighted by molar-refractivity contribution is 5.95. The Morgan fingerprint density at radius 1 is 1.21 bits per heavy atom. The minimum atomic E-state index is -0.432. The molecule has 2 aliphatic heterocycles. The summed E-state index contributed by atoms with van der Waals surface area (Å²) in [6.45, 7) is 1.94. The number of nitrogens with one attached hydrogen (secondary N) is 3. The second kappa shape index (κ2) is 8.25. The molecule has 1 aromatic heterocycles. The maximum absolute atomic E-state index is 13.6. The standard InChI is InChI=1S/C24H22FN5O3/c25-17-4-7-20-16(10-17)11-19(22(31)28-20)21(29-26)12-27-18-5-2-15(3-6-18)23(32)30-9-1-8-24(30)13-33-14-24/h2-7,10-12,26-27H,1,8-9,13-14H2,(H,28,31)/b21-12-,29-26?. The van der Waals surface area contributed by atoms with Crippen LogP contribution in [0.5, 0.6) is 0 Å². The molecule has 0 aliphatic carbocycles. The van der Waals surface area contributed by atoms with Crippen LogP contribution in [0.15, 0.2) is 64.6 Å². The van der Waals surface area contributed by atoms with Gasteiger partial charge in [0.1, 0.15) is 11.5 Å². The number of hydrogen-bond donors (Lipinski definition) is 3. The Bertz CT molecular complexity index is 1330. The molecule has 2 aliphatic rings. The number of aromatic nitrogens is 1. The zero-order chi connectivity index (χ0) is 23.0. The maximum atomic E-state index is 13.6. The van der Waals surface area contributed by atoms with Gasteiger partial charge in [0.2, 0.25) is 0 Å². The minimum absolute atomic E-state index is 0.00494. The fraction of sp³-hybridized carbons (Fsp3) is 0.250. The van der Waals surface area contributed by atoms with Crippen molar-refractivity contribution in [2.45, 2.75) is 18.4 Å². The van der Waals surface area contributed by atoms with Crippen molar-refractivity contribution in [2.75, 3.05) is 25.1 Å². The van der Waals surface area contributed by atoms with Gasteiger partial charge in [0, 0.05) is 34.9 Å². The van der Waals surface area contributed by atoms with Crippen LogP contribution in [0.2, 0.25) is 0 Å². The van der Waals surface area contributed by atoms with Gasteiger partial charge in [0.05, 0.1) is 24.3 Å². The Morgan fingerprint density at radius 3 is 2.70 bits per heavy atom. The summed E-state index contributed by atoms with van der Waals surface area (Å²) in [7, 11) is 0. The van der Waals surface area contributed by atoms with E-state index in [0.717, 1.165) is 19.4 Å². The summed E-state index contributed by atoms with van der Waals surface area (Å²) in [4.78, 5) is 30.0. The minimum Gasteiger partial charge on any atom is -0.376 e. The Balaban J connectivity index is 1.35. The summed E-state index contributed by atoms with van der Waals surface area (Å²) in [6, 6.07) is 12.6. The number of anilines is 1. The number of H-pyrrole nitrogens is 1. The van der Waals surface area contributed by atoms with E-state index < -0.39 is 11.4 Å². The second-order valence-electron chi connectivity index (χ2n) is 8.38. The van der Waals surface area contributed by atoms with Crippen LogP contribution in [0.4, 0.5) is 10.1 Å². The third-order valence-electron chi connectivity index (χ3n) is 6.29. The van der Waals surface area contributed by atoms with Crippen molar-refractivity contribution in [3.05, 3.63) is 82.0 Å². The molecule has 3 heterocycles. The third kappa shape index (κ3) is 3.80. The van der Waals surface area contributed by atoms with E-state index in [0.29, 0.717) is 35.4 Å². The number of nitrogens with zero attached hydrogens (tertiary/aromatic N) is 2. The van der Waals surface area contributed by atoms with Crippen molar-refractivity contribution in [1.29, 1.82) is 5.53 Å². The van der Waals surface area contributed by atoms with E-state index in [2.05, 4.69) is 15.4 Å². The van der Waals surface area contributed by atoms with Crippen molar-refractivity contribution >= 4 is 28.2 Å².